The van der Waals surface area contributed by atoms with E-state index in [4.69, 9.17) is 10.8 Å². The predicted molar refractivity (Wildman–Crippen MR) is 50.7 cm³/mol. The lowest BCUT2D eigenvalue weighted by molar-refractivity contribution is -0.147. The van der Waals surface area contributed by atoms with E-state index in [-0.39, 0.29) is 18.9 Å². The first-order chi connectivity index (χ1) is 6.93. The second-order valence-electron chi connectivity index (χ2n) is 3.74. The van der Waals surface area contributed by atoms with Gasteiger partial charge in [0.05, 0.1) is 5.92 Å². The molecule has 0 aromatic heterocycles. The van der Waals surface area contributed by atoms with Gasteiger partial charge in [-0.05, 0) is 6.42 Å². The standard InChI is InChI=1S/C9H14N2O4/c1-5(8(10)13)4-11-6(9(14)15)2-3-7(11)12/h5-6H,2-4H2,1H3,(H2,10,13)(H,14,15). The highest BCUT2D eigenvalue weighted by atomic mass is 16.4. The van der Waals surface area contributed by atoms with Crippen LogP contribution in [0.1, 0.15) is 19.8 Å². The summed E-state index contributed by atoms with van der Waals surface area (Å²) in [6.45, 7) is 1.66. The molecule has 1 heterocycles. The van der Waals surface area contributed by atoms with Gasteiger partial charge in [0.1, 0.15) is 6.04 Å². The molecule has 0 aromatic rings. The second-order valence-corrected chi connectivity index (χ2v) is 3.74. The maximum atomic E-state index is 11.4. The van der Waals surface area contributed by atoms with Gasteiger partial charge in [-0.1, -0.05) is 6.92 Å². The van der Waals surface area contributed by atoms with Crippen LogP contribution in [0.2, 0.25) is 0 Å². The number of likely N-dealkylation sites (tertiary alicyclic amines) is 1. The maximum absolute atomic E-state index is 11.4. The number of aliphatic carboxylic acids is 1. The summed E-state index contributed by atoms with van der Waals surface area (Å²) in [4.78, 5) is 34.2. The fraction of sp³-hybridized carbons (Fsp3) is 0.667. The first-order valence-corrected chi connectivity index (χ1v) is 4.75. The minimum atomic E-state index is -1.03. The molecule has 0 saturated carbocycles. The molecule has 6 heteroatoms. The van der Waals surface area contributed by atoms with Gasteiger partial charge in [-0.15, -0.1) is 0 Å². The summed E-state index contributed by atoms with van der Waals surface area (Å²) in [6.07, 6.45) is 0.530. The Morgan fingerprint density at radius 1 is 1.67 bits per heavy atom. The van der Waals surface area contributed by atoms with Gasteiger partial charge in [-0.2, -0.15) is 0 Å². The molecule has 2 unspecified atom stereocenters. The van der Waals surface area contributed by atoms with E-state index in [0.717, 1.165) is 0 Å². The van der Waals surface area contributed by atoms with Crippen LogP contribution in [-0.2, 0) is 14.4 Å². The minimum absolute atomic E-state index is 0.0884. The van der Waals surface area contributed by atoms with Gasteiger partial charge in [-0.3, -0.25) is 9.59 Å². The van der Waals surface area contributed by atoms with E-state index < -0.39 is 23.8 Å². The van der Waals surface area contributed by atoms with Crippen molar-refractivity contribution in [3.63, 3.8) is 0 Å². The Morgan fingerprint density at radius 3 is 2.73 bits per heavy atom. The molecule has 0 aliphatic carbocycles. The number of rotatable bonds is 4. The fourth-order valence-electron chi connectivity index (χ4n) is 1.60. The summed E-state index contributed by atoms with van der Waals surface area (Å²) in [5.74, 6) is -2.30. The third-order valence-electron chi connectivity index (χ3n) is 2.57. The summed E-state index contributed by atoms with van der Waals surface area (Å²) in [5.41, 5.74) is 5.06. The van der Waals surface area contributed by atoms with E-state index in [1.807, 2.05) is 0 Å². The highest BCUT2D eigenvalue weighted by molar-refractivity contribution is 5.88. The lowest BCUT2D eigenvalue weighted by Crippen LogP contribution is -2.43. The monoisotopic (exact) mass is 214 g/mol. The van der Waals surface area contributed by atoms with Crippen molar-refractivity contribution in [3.8, 4) is 0 Å². The molecular formula is C9H14N2O4. The van der Waals surface area contributed by atoms with Gasteiger partial charge in [0, 0.05) is 13.0 Å². The molecule has 3 N–H and O–H groups in total. The normalized spacial score (nSPS) is 22.9. The SMILES string of the molecule is CC(CN1C(=O)CCC1C(=O)O)C(N)=O. The number of carboxylic acid groups (broad SMARTS) is 1. The number of hydrogen-bond acceptors (Lipinski definition) is 3. The first-order valence-electron chi connectivity index (χ1n) is 4.75. The molecule has 1 aliphatic rings. The van der Waals surface area contributed by atoms with Crippen molar-refractivity contribution < 1.29 is 19.5 Å². The van der Waals surface area contributed by atoms with Gasteiger partial charge in [0.25, 0.3) is 0 Å². The highest BCUT2D eigenvalue weighted by Crippen LogP contribution is 2.20. The number of carbonyl (C=O) groups excluding carboxylic acids is 2. The smallest absolute Gasteiger partial charge is 0.326 e. The lowest BCUT2D eigenvalue weighted by atomic mass is 10.1. The van der Waals surface area contributed by atoms with Crippen molar-refractivity contribution in [1.82, 2.24) is 4.90 Å². The zero-order valence-electron chi connectivity index (χ0n) is 8.47. The van der Waals surface area contributed by atoms with Crippen molar-refractivity contribution in [1.29, 1.82) is 0 Å². The first kappa shape index (κ1) is 11.5. The van der Waals surface area contributed by atoms with Crippen LogP contribution in [0.4, 0.5) is 0 Å². The Kier molecular flexibility index (Phi) is 3.28. The van der Waals surface area contributed by atoms with Crippen LogP contribution < -0.4 is 5.73 Å². The van der Waals surface area contributed by atoms with E-state index in [9.17, 15) is 14.4 Å². The quantitative estimate of drug-likeness (QED) is 0.638. The largest absolute Gasteiger partial charge is 0.480 e. The number of amides is 2. The van der Waals surface area contributed by atoms with Crippen molar-refractivity contribution in [2.24, 2.45) is 11.7 Å². The van der Waals surface area contributed by atoms with Gasteiger partial charge < -0.3 is 15.7 Å². The molecule has 0 bridgehead atoms. The molecule has 2 amide bonds. The van der Waals surface area contributed by atoms with E-state index >= 15 is 0 Å². The number of nitrogens with two attached hydrogens (primary N) is 1. The van der Waals surface area contributed by atoms with Crippen molar-refractivity contribution in [3.05, 3.63) is 0 Å². The van der Waals surface area contributed by atoms with Gasteiger partial charge in [0.2, 0.25) is 11.8 Å². The summed E-state index contributed by atoms with van der Waals surface area (Å²) in [6, 6.07) is -0.806. The number of nitrogens with zero attached hydrogens (tertiary/aromatic N) is 1. The van der Waals surface area contributed by atoms with E-state index in [2.05, 4.69) is 0 Å². The summed E-state index contributed by atoms with van der Waals surface area (Å²) >= 11 is 0. The van der Waals surface area contributed by atoms with E-state index in [1.54, 1.807) is 6.92 Å². The summed E-state index contributed by atoms with van der Waals surface area (Å²) < 4.78 is 0. The maximum Gasteiger partial charge on any atom is 0.326 e. The molecule has 2 atom stereocenters. The van der Waals surface area contributed by atoms with Gasteiger partial charge in [-0.25, -0.2) is 4.79 Å². The fourth-order valence-corrected chi connectivity index (χ4v) is 1.60. The molecule has 1 saturated heterocycles. The highest BCUT2D eigenvalue weighted by Gasteiger charge is 2.37. The van der Waals surface area contributed by atoms with Crippen LogP contribution in [0.25, 0.3) is 0 Å². The Labute approximate surface area is 87.0 Å². The third-order valence-corrected chi connectivity index (χ3v) is 2.57. The lowest BCUT2D eigenvalue weighted by Gasteiger charge is -2.23. The Hall–Kier alpha value is -1.59. The topological polar surface area (TPSA) is 101 Å². The van der Waals surface area contributed by atoms with Gasteiger partial charge in [0.15, 0.2) is 0 Å². The molecule has 0 radical (unpaired) electrons. The molecular weight excluding hydrogens is 200 g/mol. The van der Waals surface area contributed by atoms with E-state index in [1.165, 1.54) is 4.90 Å². The van der Waals surface area contributed by atoms with E-state index in [0.29, 0.717) is 6.42 Å². The van der Waals surface area contributed by atoms with Crippen LogP contribution in [0.5, 0.6) is 0 Å². The summed E-state index contributed by atoms with van der Waals surface area (Å²) in [7, 11) is 0. The predicted octanol–water partition coefficient (Wildman–Crippen LogP) is -0.817. The minimum Gasteiger partial charge on any atom is -0.480 e. The van der Waals surface area contributed by atoms with Crippen LogP contribution in [0.15, 0.2) is 0 Å². The molecule has 1 rings (SSSR count). The molecule has 6 nitrogen and oxygen atoms in total. The second kappa shape index (κ2) is 4.29. The van der Waals surface area contributed by atoms with Crippen LogP contribution in [-0.4, -0.2) is 40.4 Å². The Bertz CT molecular complexity index is 302. The zero-order valence-corrected chi connectivity index (χ0v) is 8.47. The number of carboxylic acids is 1. The average molecular weight is 214 g/mol. The van der Waals surface area contributed by atoms with Crippen molar-refractivity contribution in [2.75, 3.05) is 6.54 Å². The number of primary amides is 1. The van der Waals surface area contributed by atoms with Crippen LogP contribution >= 0.6 is 0 Å². The molecule has 15 heavy (non-hydrogen) atoms. The van der Waals surface area contributed by atoms with Crippen LogP contribution in [0, 0.1) is 5.92 Å². The molecule has 1 aliphatic heterocycles. The average Bonchev–Trinajstić information content (AvgIpc) is 2.48. The molecule has 0 aromatic carbocycles. The zero-order chi connectivity index (χ0) is 11.6. The number of hydrogen-bond donors (Lipinski definition) is 2. The summed E-state index contributed by atoms with van der Waals surface area (Å²) in [5, 5.41) is 8.84. The number of carbonyl (C=O) groups is 3. The third kappa shape index (κ3) is 2.45. The molecule has 84 valence electrons. The van der Waals surface area contributed by atoms with Gasteiger partial charge >= 0.3 is 5.97 Å². The van der Waals surface area contributed by atoms with Crippen LogP contribution in [0.3, 0.4) is 0 Å². The molecule has 0 spiro atoms. The molecule has 1 fully saturated rings. The van der Waals surface area contributed by atoms with Crippen molar-refractivity contribution in [2.45, 2.75) is 25.8 Å². The Morgan fingerprint density at radius 2 is 2.27 bits per heavy atom. The van der Waals surface area contributed by atoms with Crippen molar-refractivity contribution >= 4 is 17.8 Å². The Balaban J connectivity index is 2.69.